The molecule has 0 heterocycles. The first-order chi connectivity index (χ1) is 16.2. The molecular formula is C25H28N2O6S. The molecule has 0 aliphatic heterocycles. The van der Waals surface area contributed by atoms with Crippen molar-refractivity contribution in [2.75, 3.05) is 37.5 Å². The zero-order valence-electron chi connectivity index (χ0n) is 19.8. The van der Waals surface area contributed by atoms with Gasteiger partial charge in [-0.05, 0) is 55.8 Å². The Morgan fingerprint density at radius 1 is 0.824 bits per heavy atom. The average molecular weight is 485 g/mol. The van der Waals surface area contributed by atoms with Crippen molar-refractivity contribution >= 4 is 27.3 Å². The van der Waals surface area contributed by atoms with Crippen molar-refractivity contribution in [2.24, 2.45) is 0 Å². The van der Waals surface area contributed by atoms with Crippen LogP contribution in [0.5, 0.6) is 17.2 Å². The minimum absolute atomic E-state index is 0.0256. The highest BCUT2D eigenvalue weighted by molar-refractivity contribution is 7.93. The molecule has 0 unspecified atom stereocenters. The Bertz CT molecular complexity index is 1270. The second-order valence-electron chi connectivity index (χ2n) is 7.62. The number of carbonyl (C=O) groups is 1. The van der Waals surface area contributed by atoms with Crippen LogP contribution in [0.1, 0.15) is 11.1 Å². The van der Waals surface area contributed by atoms with Gasteiger partial charge in [0.25, 0.3) is 10.0 Å². The fourth-order valence-electron chi connectivity index (χ4n) is 3.36. The summed E-state index contributed by atoms with van der Waals surface area (Å²) in [5.74, 6) is 0.572. The predicted octanol–water partition coefficient (Wildman–Crippen LogP) is 4.16. The molecule has 0 fully saturated rings. The van der Waals surface area contributed by atoms with Gasteiger partial charge in [-0.3, -0.25) is 9.10 Å². The second kappa shape index (κ2) is 10.5. The van der Waals surface area contributed by atoms with Crippen molar-refractivity contribution in [2.45, 2.75) is 18.7 Å². The Hall–Kier alpha value is -3.72. The Balaban J connectivity index is 2.02. The second-order valence-corrected chi connectivity index (χ2v) is 9.45. The minimum atomic E-state index is -4.16. The first kappa shape index (κ1) is 24.9. The van der Waals surface area contributed by atoms with E-state index in [1.54, 1.807) is 61.5 Å². The molecule has 1 N–H and O–H groups in total. The molecule has 0 aliphatic rings. The number of anilines is 2. The van der Waals surface area contributed by atoms with Crippen LogP contribution in [0, 0.1) is 13.8 Å². The van der Waals surface area contributed by atoms with Crippen molar-refractivity contribution in [3.05, 3.63) is 71.8 Å². The summed E-state index contributed by atoms with van der Waals surface area (Å²) in [6.07, 6.45) is 0. The van der Waals surface area contributed by atoms with Gasteiger partial charge >= 0.3 is 0 Å². The molecule has 0 spiro atoms. The molecule has 34 heavy (non-hydrogen) atoms. The van der Waals surface area contributed by atoms with Crippen molar-refractivity contribution in [1.82, 2.24) is 0 Å². The van der Waals surface area contributed by atoms with E-state index >= 15 is 0 Å². The number of ether oxygens (including phenoxy) is 3. The van der Waals surface area contributed by atoms with Gasteiger partial charge in [-0.1, -0.05) is 23.8 Å². The van der Waals surface area contributed by atoms with Gasteiger partial charge in [0.15, 0.2) is 0 Å². The Morgan fingerprint density at radius 2 is 1.44 bits per heavy atom. The third-order valence-electron chi connectivity index (χ3n) is 5.18. The molecule has 180 valence electrons. The van der Waals surface area contributed by atoms with Gasteiger partial charge in [0.05, 0.1) is 32.7 Å². The number of hydrogen-bond donors (Lipinski definition) is 1. The number of nitrogens with one attached hydrogen (secondary N) is 1. The first-order valence-corrected chi connectivity index (χ1v) is 11.9. The normalized spacial score (nSPS) is 11.0. The number of sulfonamides is 1. The lowest BCUT2D eigenvalue weighted by atomic mass is 10.2. The van der Waals surface area contributed by atoms with E-state index in [9.17, 15) is 13.2 Å². The number of hydrogen-bond acceptors (Lipinski definition) is 6. The summed E-state index contributed by atoms with van der Waals surface area (Å²) in [5, 5.41) is 2.73. The molecule has 0 aromatic heterocycles. The third kappa shape index (κ3) is 5.43. The molecule has 3 aromatic rings. The van der Waals surface area contributed by atoms with Gasteiger partial charge in [0.1, 0.15) is 28.7 Å². The van der Waals surface area contributed by atoms with Crippen LogP contribution in [-0.4, -0.2) is 42.2 Å². The first-order valence-electron chi connectivity index (χ1n) is 10.5. The summed E-state index contributed by atoms with van der Waals surface area (Å²) in [7, 11) is 0.233. The van der Waals surface area contributed by atoms with E-state index in [1.165, 1.54) is 27.4 Å². The van der Waals surface area contributed by atoms with Gasteiger partial charge in [-0.2, -0.15) is 0 Å². The van der Waals surface area contributed by atoms with Crippen LogP contribution >= 0.6 is 0 Å². The van der Waals surface area contributed by atoms with Crippen LogP contribution in [0.25, 0.3) is 0 Å². The molecular weight excluding hydrogens is 456 g/mol. The largest absolute Gasteiger partial charge is 0.497 e. The summed E-state index contributed by atoms with van der Waals surface area (Å²) in [4.78, 5) is 13.1. The predicted molar refractivity (Wildman–Crippen MR) is 132 cm³/mol. The Morgan fingerprint density at radius 3 is 2.06 bits per heavy atom. The monoisotopic (exact) mass is 484 g/mol. The maximum Gasteiger partial charge on any atom is 0.268 e. The van der Waals surface area contributed by atoms with Crippen LogP contribution in [0.3, 0.4) is 0 Å². The van der Waals surface area contributed by atoms with Crippen molar-refractivity contribution in [1.29, 1.82) is 0 Å². The average Bonchev–Trinajstić information content (AvgIpc) is 2.83. The molecule has 3 rings (SSSR count). The number of aryl methyl sites for hydroxylation is 2. The zero-order chi connectivity index (χ0) is 24.9. The van der Waals surface area contributed by atoms with E-state index in [2.05, 4.69) is 5.32 Å². The van der Waals surface area contributed by atoms with Crippen molar-refractivity contribution < 1.29 is 27.4 Å². The highest BCUT2D eigenvalue weighted by Crippen LogP contribution is 2.32. The van der Waals surface area contributed by atoms with Gasteiger partial charge < -0.3 is 19.5 Å². The summed E-state index contributed by atoms with van der Waals surface area (Å²) in [5.41, 5.74) is 2.41. The number of nitrogens with zero attached hydrogens (tertiary/aromatic N) is 1. The number of benzene rings is 3. The number of carbonyl (C=O) groups excluding carboxylic acids is 1. The lowest BCUT2D eigenvalue weighted by Crippen LogP contribution is -2.38. The van der Waals surface area contributed by atoms with Crippen LogP contribution in [0.15, 0.2) is 65.6 Å². The standard InChI is InChI=1S/C25H28N2O6S/c1-17-6-9-19(10-7-17)27(34(29,30)24-14-18(2)8-12-23(24)33-5)16-25(28)26-21-15-20(31-3)11-13-22(21)32-4/h6-15H,16H2,1-5H3,(H,26,28). The molecule has 0 radical (unpaired) electrons. The quantitative estimate of drug-likeness (QED) is 0.490. The lowest BCUT2D eigenvalue weighted by Gasteiger charge is -2.25. The third-order valence-corrected chi connectivity index (χ3v) is 6.97. The van der Waals surface area contributed by atoms with Crippen LogP contribution in [0.4, 0.5) is 11.4 Å². The molecule has 0 aliphatic carbocycles. The summed E-state index contributed by atoms with van der Waals surface area (Å²) in [6.45, 7) is 3.22. The smallest absolute Gasteiger partial charge is 0.268 e. The Kier molecular flexibility index (Phi) is 7.68. The fraction of sp³-hybridized carbons (Fsp3) is 0.240. The van der Waals surface area contributed by atoms with E-state index in [4.69, 9.17) is 14.2 Å². The highest BCUT2D eigenvalue weighted by atomic mass is 32.2. The molecule has 1 amide bonds. The number of methoxy groups -OCH3 is 3. The van der Waals surface area contributed by atoms with E-state index in [-0.39, 0.29) is 10.6 Å². The zero-order valence-corrected chi connectivity index (χ0v) is 20.6. The van der Waals surface area contributed by atoms with Crippen LogP contribution in [0.2, 0.25) is 0 Å². The van der Waals surface area contributed by atoms with Crippen LogP contribution < -0.4 is 23.8 Å². The maximum atomic E-state index is 13.8. The minimum Gasteiger partial charge on any atom is -0.497 e. The molecule has 0 bridgehead atoms. The fourth-order valence-corrected chi connectivity index (χ4v) is 5.03. The van der Waals surface area contributed by atoms with Crippen molar-refractivity contribution in [3.63, 3.8) is 0 Å². The Labute approximate surface area is 200 Å². The van der Waals surface area contributed by atoms with Crippen LogP contribution in [-0.2, 0) is 14.8 Å². The summed E-state index contributed by atoms with van der Waals surface area (Å²) >= 11 is 0. The number of rotatable bonds is 9. The molecule has 3 aromatic carbocycles. The van der Waals surface area contributed by atoms with Crippen molar-refractivity contribution in [3.8, 4) is 17.2 Å². The van der Waals surface area contributed by atoms with E-state index in [0.29, 0.717) is 22.9 Å². The topological polar surface area (TPSA) is 94.2 Å². The molecule has 0 saturated carbocycles. The summed E-state index contributed by atoms with van der Waals surface area (Å²) < 4.78 is 44.5. The SMILES string of the molecule is COc1ccc(OC)c(NC(=O)CN(c2ccc(C)cc2)S(=O)(=O)c2cc(C)ccc2OC)c1. The van der Waals surface area contributed by atoms with Gasteiger partial charge in [-0.25, -0.2) is 8.42 Å². The molecule has 8 nitrogen and oxygen atoms in total. The highest BCUT2D eigenvalue weighted by Gasteiger charge is 2.30. The van der Waals surface area contributed by atoms with Gasteiger partial charge in [0, 0.05) is 6.07 Å². The molecule has 9 heteroatoms. The van der Waals surface area contributed by atoms with E-state index in [0.717, 1.165) is 15.4 Å². The summed E-state index contributed by atoms with van der Waals surface area (Å²) in [6, 6.07) is 16.7. The van der Waals surface area contributed by atoms with E-state index in [1.807, 2.05) is 6.92 Å². The molecule has 0 saturated heterocycles. The van der Waals surface area contributed by atoms with Gasteiger partial charge in [0.2, 0.25) is 5.91 Å². The van der Waals surface area contributed by atoms with Gasteiger partial charge in [-0.15, -0.1) is 0 Å². The van der Waals surface area contributed by atoms with E-state index < -0.39 is 22.5 Å². The molecule has 0 atom stereocenters. The maximum absolute atomic E-state index is 13.8. The lowest BCUT2D eigenvalue weighted by molar-refractivity contribution is -0.114. The number of amides is 1.